The molecule has 1 amide bonds. The molecule has 0 unspecified atom stereocenters. The lowest BCUT2D eigenvalue weighted by atomic mass is 9.93. The van der Waals surface area contributed by atoms with Gasteiger partial charge in [0.05, 0.1) is 11.8 Å². The molecule has 1 fully saturated rings. The Hall–Kier alpha value is -2.14. The van der Waals surface area contributed by atoms with Crippen molar-refractivity contribution in [2.45, 2.75) is 65.1 Å². The largest absolute Gasteiger partial charge is 0.393 e. The summed E-state index contributed by atoms with van der Waals surface area (Å²) in [7, 11) is 0. The Labute approximate surface area is 149 Å². The van der Waals surface area contributed by atoms with Crippen LogP contribution in [0.15, 0.2) is 24.3 Å². The number of rotatable bonds is 4. The first-order chi connectivity index (χ1) is 12.0. The SMILES string of the molecule is CCn1nc(C)c(-c2ccc(C(=O)NC3CCC(O)CC3)cc2)c1C. The summed E-state index contributed by atoms with van der Waals surface area (Å²) in [5.41, 5.74) is 5.07. The summed E-state index contributed by atoms with van der Waals surface area (Å²) < 4.78 is 2.00. The maximum atomic E-state index is 12.4. The highest BCUT2D eigenvalue weighted by atomic mass is 16.3. The van der Waals surface area contributed by atoms with Crippen LogP contribution in [0, 0.1) is 13.8 Å². The van der Waals surface area contributed by atoms with E-state index in [0.717, 1.165) is 54.7 Å². The van der Waals surface area contributed by atoms with Crippen LogP contribution in [0.2, 0.25) is 0 Å². The molecule has 0 aliphatic heterocycles. The molecule has 1 aliphatic carbocycles. The molecule has 2 N–H and O–H groups in total. The van der Waals surface area contributed by atoms with Gasteiger partial charge in [-0.25, -0.2) is 0 Å². The van der Waals surface area contributed by atoms with E-state index in [1.54, 1.807) is 0 Å². The van der Waals surface area contributed by atoms with Crippen LogP contribution in [-0.4, -0.2) is 32.9 Å². The van der Waals surface area contributed by atoms with E-state index in [9.17, 15) is 9.90 Å². The lowest BCUT2D eigenvalue weighted by molar-refractivity contribution is 0.0867. The third-order valence-corrected chi connectivity index (χ3v) is 5.15. The fourth-order valence-corrected chi connectivity index (χ4v) is 3.70. The second-order valence-corrected chi connectivity index (χ2v) is 6.92. The van der Waals surface area contributed by atoms with Crippen LogP contribution >= 0.6 is 0 Å². The molecule has 1 saturated carbocycles. The van der Waals surface area contributed by atoms with Crippen molar-refractivity contribution in [2.24, 2.45) is 0 Å². The fraction of sp³-hybridized carbons (Fsp3) is 0.500. The van der Waals surface area contributed by atoms with E-state index in [0.29, 0.717) is 5.56 Å². The third-order valence-electron chi connectivity index (χ3n) is 5.15. The number of aliphatic hydroxyl groups excluding tert-OH is 1. The topological polar surface area (TPSA) is 67.2 Å². The summed E-state index contributed by atoms with van der Waals surface area (Å²) in [6.07, 6.45) is 3.02. The number of aromatic nitrogens is 2. The zero-order valence-electron chi connectivity index (χ0n) is 15.2. The maximum Gasteiger partial charge on any atom is 0.251 e. The van der Waals surface area contributed by atoms with E-state index in [2.05, 4.69) is 24.3 Å². The van der Waals surface area contributed by atoms with Crippen molar-refractivity contribution in [3.05, 3.63) is 41.2 Å². The highest BCUT2D eigenvalue weighted by Crippen LogP contribution is 2.27. The molecule has 0 saturated heterocycles. The van der Waals surface area contributed by atoms with Gasteiger partial charge < -0.3 is 10.4 Å². The molecule has 0 atom stereocenters. The zero-order valence-corrected chi connectivity index (χ0v) is 15.2. The molecule has 1 heterocycles. The summed E-state index contributed by atoms with van der Waals surface area (Å²) in [6.45, 7) is 7.04. The molecule has 3 rings (SSSR count). The first-order valence-corrected chi connectivity index (χ1v) is 9.13. The van der Waals surface area contributed by atoms with Crippen molar-refractivity contribution in [3.63, 3.8) is 0 Å². The molecular weight excluding hydrogens is 314 g/mol. The second-order valence-electron chi connectivity index (χ2n) is 6.92. The maximum absolute atomic E-state index is 12.4. The number of hydrogen-bond acceptors (Lipinski definition) is 3. The molecular formula is C20H27N3O2. The fourth-order valence-electron chi connectivity index (χ4n) is 3.70. The average molecular weight is 341 g/mol. The van der Waals surface area contributed by atoms with E-state index in [4.69, 9.17) is 0 Å². The van der Waals surface area contributed by atoms with Crippen molar-refractivity contribution in [3.8, 4) is 11.1 Å². The molecule has 25 heavy (non-hydrogen) atoms. The molecule has 5 nitrogen and oxygen atoms in total. The van der Waals surface area contributed by atoms with Gasteiger partial charge in [0.25, 0.3) is 5.91 Å². The summed E-state index contributed by atoms with van der Waals surface area (Å²) in [5, 5.41) is 17.2. The van der Waals surface area contributed by atoms with Crippen molar-refractivity contribution < 1.29 is 9.90 Å². The van der Waals surface area contributed by atoms with Gasteiger partial charge in [0.15, 0.2) is 0 Å². The van der Waals surface area contributed by atoms with Crippen molar-refractivity contribution in [1.82, 2.24) is 15.1 Å². The normalized spacial score (nSPS) is 20.5. The Balaban J connectivity index is 1.72. The van der Waals surface area contributed by atoms with E-state index in [1.165, 1.54) is 0 Å². The van der Waals surface area contributed by atoms with Crippen LogP contribution in [0.1, 0.15) is 54.4 Å². The van der Waals surface area contributed by atoms with Gasteiger partial charge in [0.2, 0.25) is 0 Å². The third kappa shape index (κ3) is 3.76. The lowest BCUT2D eigenvalue weighted by Gasteiger charge is -2.26. The van der Waals surface area contributed by atoms with Gasteiger partial charge >= 0.3 is 0 Å². The number of nitrogens with zero attached hydrogens (tertiary/aromatic N) is 2. The number of aryl methyl sites for hydroxylation is 2. The van der Waals surface area contributed by atoms with Gasteiger partial charge in [-0.3, -0.25) is 9.48 Å². The summed E-state index contributed by atoms with van der Waals surface area (Å²) >= 11 is 0. The Bertz CT molecular complexity index is 741. The van der Waals surface area contributed by atoms with Gasteiger partial charge in [-0.05, 0) is 64.2 Å². The van der Waals surface area contributed by atoms with Gasteiger partial charge in [-0.2, -0.15) is 5.10 Å². The molecule has 0 bridgehead atoms. The molecule has 1 aromatic heterocycles. The van der Waals surface area contributed by atoms with Crippen LogP contribution in [0.25, 0.3) is 11.1 Å². The second kappa shape index (κ2) is 7.40. The highest BCUT2D eigenvalue weighted by molar-refractivity contribution is 5.95. The lowest BCUT2D eigenvalue weighted by Crippen LogP contribution is -2.38. The average Bonchev–Trinajstić information content (AvgIpc) is 2.91. The Morgan fingerprint density at radius 3 is 2.40 bits per heavy atom. The molecule has 0 spiro atoms. The molecule has 0 radical (unpaired) electrons. The van der Waals surface area contributed by atoms with Crippen LogP contribution in [0.5, 0.6) is 0 Å². The Kier molecular flexibility index (Phi) is 5.23. The van der Waals surface area contributed by atoms with E-state index >= 15 is 0 Å². The van der Waals surface area contributed by atoms with Crippen LogP contribution in [0.4, 0.5) is 0 Å². The minimum absolute atomic E-state index is 0.0364. The van der Waals surface area contributed by atoms with Crippen molar-refractivity contribution in [1.29, 1.82) is 0 Å². The number of hydrogen-bond donors (Lipinski definition) is 2. The monoisotopic (exact) mass is 341 g/mol. The van der Waals surface area contributed by atoms with Gasteiger partial charge in [0.1, 0.15) is 0 Å². The minimum atomic E-state index is -0.206. The quantitative estimate of drug-likeness (QED) is 0.897. The molecule has 5 heteroatoms. The number of benzene rings is 1. The van der Waals surface area contributed by atoms with Crippen LogP contribution in [-0.2, 0) is 6.54 Å². The summed E-state index contributed by atoms with van der Waals surface area (Å²) in [6, 6.07) is 7.92. The number of nitrogens with one attached hydrogen (secondary N) is 1. The zero-order chi connectivity index (χ0) is 18.0. The van der Waals surface area contributed by atoms with Gasteiger partial charge in [0, 0.05) is 29.4 Å². The number of aliphatic hydroxyl groups is 1. The predicted molar refractivity (Wildman–Crippen MR) is 98.5 cm³/mol. The van der Waals surface area contributed by atoms with Crippen molar-refractivity contribution >= 4 is 5.91 Å². The Morgan fingerprint density at radius 2 is 1.84 bits per heavy atom. The summed E-state index contributed by atoms with van der Waals surface area (Å²) in [5.74, 6) is -0.0364. The molecule has 1 aliphatic rings. The van der Waals surface area contributed by atoms with Crippen molar-refractivity contribution in [2.75, 3.05) is 0 Å². The van der Waals surface area contributed by atoms with E-state index in [-0.39, 0.29) is 18.1 Å². The molecule has 134 valence electrons. The number of carbonyl (C=O) groups excluding carboxylic acids is 1. The molecule has 1 aromatic carbocycles. The standard InChI is InChI=1S/C20H27N3O2/c1-4-23-14(3)19(13(2)22-23)15-5-7-16(8-6-15)20(25)21-17-9-11-18(24)12-10-17/h5-8,17-18,24H,4,9-12H2,1-3H3,(H,21,25). The number of amides is 1. The first kappa shape index (κ1) is 17.7. The van der Waals surface area contributed by atoms with Crippen LogP contribution in [0.3, 0.4) is 0 Å². The predicted octanol–water partition coefficient (Wildman–Crippen LogP) is 3.22. The molecule has 2 aromatic rings. The van der Waals surface area contributed by atoms with Crippen LogP contribution < -0.4 is 5.32 Å². The van der Waals surface area contributed by atoms with E-state index in [1.807, 2.05) is 35.9 Å². The summed E-state index contributed by atoms with van der Waals surface area (Å²) in [4.78, 5) is 12.4. The Morgan fingerprint density at radius 1 is 1.20 bits per heavy atom. The first-order valence-electron chi connectivity index (χ1n) is 9.13. The number of carbonyl (C=O) groups is 1. The highest BCUT2D eigenvalue weighted by Gasteiger charge is 2.21. The van der Waals surface area contributed by atoms with E-state index < -0.39 is 0 Å². The minimum Gasteiger partial charge on any atom is -0.393 e. The van der Waals surface area contributed by atoms with Gasteiger partial charge in [-0.15, -0.1) is 0 Å². The van der Waals surface area contributed by atoms with Gasteiger partial charge in [-0.1, -0.05) is 12.1 Å². The smallest absolute Gasteiger partial charge is 0.251 e.